The molecule has 1 aromatic heterocycles. The van der Waals surface area contributed by atoms with Crippen LogP contribution in [0.1, 0.15) is 23.2 Å². The molecule has 1 aliphatic rings. The Morgan fingerprint density at radius 2 is 2.04 bits per heavy atom. The normalized spacial score (nSPS) is 17.0. The van der Waals surface area contributed by atoms with Crippen LogP contribution in [0.25, 0.3) is 0 Å². The summed E-state index contributed by atoms with van der Waals surface area (Å²) in [5, 5.41) is 2.89. The molecule has 25 heavy (non-hydrogen) atoms. The van der Waals surface area contributed by atoms with E-state index in [1.807, 2.05) is 4.90 Å². The Hall–Kier alpha value is -2.96. The topological polar surface area (TPSA) is 84.4 Å². The molecule has 2 aromatic rings. The lowest BCUT2D eigenvalue weighted by Gasteiger charge is -2.31. The molecular formula is C18H20N4O3. The minimum Gasteiger partial charge on any atom is -0.465 e. The smallest absolute Gasteiger partial charge is 0.337 e. The number of esters is 1. The first-order valence-corrected chi connectivity index (χ1v) is 8.18. The number of amides is 1. The zero-order valence-electron chi connectivity index (χ0n) is 14.0. The van der Waals surface area contributed by atoms with E-state index < -0.39 is 5.97 Å². The molecule has 1 aliphatic heterocycles. The Bertz CT molecular complexity index is 751. The van der Waals surface area contributed by atoms with Crippen molar-refractivity contribution in [2.75, 3.05) is 30.4 Å². The number of rotatable bonds is 4. The van der Waals surface area contributed by atoms with Crippen molar-refractivity contribution in [2.45, 2.75) is 12.8 Å². The highest BCUT2D eigenvalue weighted by Gasteiger charge is 2.27. The standard InChI is InChI=1S/C18H20N4O3/c1-25-17(24)13-5-2-7-15(11-13)21-16(23)14-6-3-10-22(12-14)18-19-8-4-9-20-18/h2,4-5,7-9,11,14H,3,6,10,12H2,1H3,(H,21,23). The van der Waals surface area contributed by atoms with Crippen molar-refractivity contribution < 1.29 is 14.3 Å². The second-order valence-corrected chi connectivity index (χ2v) is 5.90. The highest BCUT2D eigenvalue weighted by atomic mass is 16.5. The Morgan fingerprint density at radius 3 is 2.80 bits per heavy atom. The van der Waals surface area contributed by atoms with Crippen LogP contribution in [0.5, 0.6) is 0 Å². The summed E-state index contributed by atoms with van der Waals surface area (Å²) in [4.78, 5) is 34.7. The van der Waals surface area contributed by atoms with Gasteiger partial charge in [-0.1, -0.05) is 6.07 Å². The number of benzene rings is 1. The average Bonchev–Trinajstić information content (AvgIpc) is 2.68. The van der Waals surface area contributed by atoms with Gasteiger partial charge in [-0.2, -0.15) is 0 Å². The van der Waals surface area contributed by atoms with E-state index >= 15 is 0 Å². The summed E-state index contributed by atoms with van der Waals surface area (Å²) < 4.78 is 4.70. The van der Waals surface area contributed by atoms with E-state index in [4.69, 9.17) is 4.74 Å². The van der Waals surface area contributed by atoms with Crippen LogP contribution in [-0.4, -0.2) is 42.0 Å². The summed E-state index contributed by atoms with van der Waals surface area (Å²) in [5.74, 6) is -0.00385. The molecule has 7 nitrogen and oxygen atoms in total. The van der Waals surface area contributed by atoms with Gasteiger partial charge in [0, 0.05) is 31.2 Å². The van der Waals surface area contributed by atoms with Crippen molar-refractivity contribution in [1.82, 2.24) is 9.97 Å². The van der Waals surface area contributed by atoms with Gasteiger partial charge in [0.2, 0.25) is 11.9 Å². The van der Waals surface area contributed by atoms with Crippen molar-refractivity contribution in [3.63, 3.8) is 0 Å². The summed E-state index contributed by atoms with van der Waals surface area (Å²) in [6, 6.07) is 8.51. The van der Waals surface area contributed by atoms with Gasteiger partial charge in [-0.3, -0.25) is 4.79 Å². The minimum absolute atomic E-state index is 0.0670. The van der Waals surface area contributed by atoms with Crippen molar-refractivity contribution >= 4 is 23.5 Å². The number of ether oxygens (including phenoxy) is 1. The van der Waals surface area contributed by atoms with E-state index in [1.165, 1.54) is 7.11 Å². The third-order valence-electron chi connectivity index (χ3n) is 4.18. The van der Waals surface area contributed by atoms with Gasteiger partial charge in [-0.25, -0.2) is 14.8 Å². The van der Waals surface area contributed by atoms with Gasteiger partial charge < -0.3 is 15.0 Å². The maximum atomic E-state index is 12.6. The van der Waals surface area contributed by atoms with E-state index in [1.54, 1.807) is 42.7 Å². The molecule has 7 heteroatoms. The van der Waals surface area contributed by atoms with Crippen LogP contribution in [0.3, 0.4) is 0 Å². The van der Waals surface area contributed by atoms with E-state index in [2.05, 4.69) is 15.3 Å². The molecule has 0 spiro atoms. The van der Waals surface area contributed by atoms with Crippen LogP contribution in [-0.2, 0) is 9.53 Å². The van der Waals surface area contributed by atoms with Gasteiger partial charge in [0.05, 0.1) is 18.6 Å². The van der Waals surface area contributed by atoms with Crippen molar-refractivity contribution in [2.24, 2.45) is 5.92 Å². The summed E-state index contributed by atoms with van der Waals surface area (Å²) in [7, 11) is 1.33. The molecule has 1 N–H and O–H groups in total. The molecular weight excluding hydrogens is 320 g/mol. The number of aromatic nitrogens is 2. The molecule has 0 aliphatic carbocycles. The van der Waals surface area contributed by atoms with E-state index in [0.717, 1.165) is 19.4 Å². The highest BCUT2D eigenvalue weighted by Crippen LogP contribution is 2.22. The fourth-order valence-electron chi connectivity index (χ4n) is 2.91. The third kappa shape index (κ3) is 4.12. The lowest BCUT2D eigenvalue weighted by molar-refractivity contribution is -0.120. The van der Waals surface area contributed by atoms with Crippen molar-refractivity contribution in [1.29, 1.82) is 0 Å². The van der Waals surface area contributed by atoms with Gasteiger partial charge in [-0.05, 0) is 37.1 Å². The summed E-state index contributed by atoms with van der Waals surface area (Å²) in [6.45, 7) is 1.41. The number of carbonyl (C=O) groups excluding carboxylic acids is 2. The highest BCUT2D eigenvalue weighted by molar-refractivity contribution is 5.95. The van der Waals surface area contributed by atoms with Gasteiger partial charge in [0.25, 0.3) is 0 Å². The Labute approximate surface area is 146 Å². The Morgan fingerprint density at radius 1 is 1.24 bits per heavy atom. The largest absolute Gasteiger partial charge is 0.465 e. The maximum Gasteiger partial charge on any atom is 0.337 e. The average molecular weight is 340 g/mol. The first-order chi connectivity index (χ1) is 12.2. The second-order valence-electron chi connectivity index (χ2n) is 5.90. The predicted octanol–water partition coefficient (Wildman–Crippen LogP) is 2.12. The number of nitrogens with one attached hydrogen (secondary N) is 1. The molecule has 2 heterocycles. The summed E-state index contributed by atoms with van der Waals surface area (Å²) in [5.41, 5.74) is 0.990. The van der Waals surface area contributed by atoms with Crippen molar-refractivity contribution in [3.8, 4) is 0 Å². The van der Waals surface area contributed by atoms with Crippen molar-refractivity contribution in [3.05, 3.63) is 48.3 Å². The molecule has 1 amide bonds. The second kappa shape index (κ2) is 7.74. The van der Waals surface area contributed by atoms with Crippen LogP contribution in [0.2, 0.25) is 0 Å². The molecule has 1 atom stereocenters. The molecule has 0 radical (unpaired) electrons. The number of nitrogens with zero attached hydrogens (tertiary/aromatic N) is 3. The number of carbonyl (C=O) groups is 2. The molecule has 3 rings (SSSR count). The number of hydrogen-bond acceptors (Lipinski definition) is 6. The van der Waals surface area contributed by atoms with Crippen LogP contribution in [0, 0.1) is 5.92 Å². The molecule has 0 bridgehead atoms. The van der Waals surface area contributed by atoms with Crippen LogP contribution < -0.4 is 10.2 Å². The summed E-state index contributed by atoms with van der Waals surface area (Å²) in [6.07, 6.45) is 5.11. The van der Waals surface area contributed by atoms with Gasteiger partial charge in [-0.15, -0.1) is 0 Å². The van der Waals surface area contributed by atoms with Gasteiger partial charge >= 0.3 is 5.97 Å². The maximum absolute atomic E-state index is 12.6. The molecule has 130 valence electrons. The molecule has 1 saturated heterocycles. The first-order valence-electron chi connectivity index (χ1n) is 8.18. The number of piperidine rings is 1. The fraction of sp³-hybridized carbons (Fsp3) is 0.333. The third-order valence-corrected chi connectivity index (χ3v) is 4.18. The zero-order valence-corrected chi connectivity index (χ0v) is 14.0. The van der Waals surface area contributed by atoms with Gasteiger partial charge in [0.15, 0.2) is 0 Å². The quantitative estimate of drug-likeness (QED) is 0.858. The lowest BCUT2D eigenvalue weighted by Crippen LogP contribution is -2.41. The Balaban J connectivity index is 1.66. The monoisotopic (exact) mass is 340 g/mol. The summed E-state index contributed by atoms with van der Waals surface area (Å²) >= 11 is 0. The minimum atomic E-state index is -0.429. The first kappa shape index (κ1) is 16.9. The van der Waals surface area contributed by atoms with E-state index in [0.29, 0.717) is 23.7 Å². The van der Waals surface area contributed by atoms with Crippen LogP contribution in [0.15, 0.2) is 42.7 Å². The van der Waals surface area contributed by atoms with Crippen LogP contribution in [0.4, 0.5) is 11.6 Å². The van der Waals surface area contributed by atoms with E-state index in [9.17, 15) is 9.59 Å². The van der Waals surface area contributed by atoms with Gasteiger partial charge in [0.1, 0.15) is 0 Å². The van der Waals surface area contributed by atoms with E-state index in [-0.39, 0.29) is 11.8 Å². The number of methoxy groups -OCH3 is 1. The Kier molecular flexibility index (Phi) is 5.23. The molecule has 1 unspecified atom stereocenters. The predicted molar refractivity (Wildman–Crippen MR) is 93.4 cm³/mol. The van der Waals surface area contributed by atoms with Crippen LogP contribution >= 0.6 is 0 Å². The molecule has 0 saturated carbocycles. The molecule has 1 fully saturated rings. The SMILES string of the molecule is COC(=O)c1cccc(NC(=O)C2CCCN(c3ncccn3)C2)c1. The number of anilines is 2. The lowest BCUT2D eigenvalue weighted by atomic mass is 9.97. The molecule has 1 aromatic carbocycles. The zero-order chi connectivity index (χ0) is 17.6. The fourth-order valence-corrected chi connectivity index (χ4v) is 2.91. The number of hydrogen-bond donors (Lipinski definition) is 1.